The zero-order valence-corrected chi connectivity index (χ0v) is 21.7. The van der Waals surface area contributed by atoms with Crippen molar-refractivity contribution in [3.05, 3.63) is 42.0 Å². The summed E-state index contributed by atoms with van der Waals surface area (Å²) in [6, 6.07) is 11.2. The van der Waals surface area contributed by atoms with Gasteiger partial charge in [-0.1, -0.05) is 6.07 Å². The molecule has 196 valence electrons. The third kappa shape index (κ3) is 5.65. The molecule has 2 fully saturated rings. The summed E-state index contributed by atoms with van der Waals surface area (Å²) in [5.41, 5.74) is 1.46. The van der Waals surface area contributed by atoms with E-state index in [1.807, 2.05) is 41.3 Å². The number of carbonyl (C=O) groups excluding carboxylic acids is 1. The average Bonchev–Trinajstić information content (AvgIpc) is 3.50. The van der Waals surface area contributed by atoms with Crippen LogP contribution < -0.4 is 24.4 Å². The second-order valence-electron chi connectivity index (χ2n) is 9.45. The molecule has 9 heteroatoms. The van der Waals surface area contributed by atoms with Gasteiger partial charge in [0.15, 0.2) is 11.5 Å². The Hall–Kier alpha value is -3.75. The number of carbonyl (C=O) groups is 1. The van der Waals surface area contributed by atoms with E-state index < -0.39 is 0 Å². The van der Waals surface area contributed by atoms with E-state index in [1.54, 1.807) is 14.2 Å². The molecule has 3 aromatic rings. The average molecular weight is 506 g/mol. The quantitative estimate of drug-likeness (QED) is 0.429. The summed E-state index contributed by atoms with van der Waals surface area (Å²) in [5.74, 6) is 3.46. The summed E-state index contributed by atoms with van der Waals surface area (Å²) < 4.78 is 17.0. The van der Waals surface area contributed by atoms with Gasteiger partial charge < -0.3 is 29.3 Å². The normalized spacial score (nSPS) is 15.6. The molecule has 0 radical (unpaired) electrons. The number of methoxy groups -OCH3 is 2. The minimum atomic E-state index is 0.0724. The number of nitrogens with one attached hydrogen (secondary N) is 1. The summed E-state index contributed by atoms with van der Waals surface area (Å²) in [7, 11) is 3.25. The van der Waals surface area contributed by atoms with E-state index in [2.05, 4.69) is 10.2 Å². The Morgan fingerprint density at radius 2 is 1.65 bits per heavy atom. The van der Waals surface area contributed by atoms with Crippen LogP contribution in [-0.2, 0) is 0 Å². The maximum atomic E-state index is 12.7. The number of likely N-dealkylation sites (tertiary alicyclic amines) is 1. The van der Waals surface area contributed by atoms with E-state index in [9.17, 15) is 4.79 Å². The molecular weight excluding hydrogens is 470 g/mol. The zero-order chi connectivity index (χ0) is 25.6. The van der Waals surface area contributed by atoms with Crippen molar-refractivity contribution in [2.75, 3.05) is 63.8 Å². The van der Waals surface area contributed by atoms with Gasteiger partial charge in [-0.05, 0) is 56.4 Å². The van der Waals surface area contributed by atoms with Crippen LogP contribution in [0.2, 0.25) is 0 Å². The van der Waals surface area contributed by atoms with Crippen molar-refractivity contribution in [1.82, 2.24) is 14.9 Å². The molecule has 37 heavy (non-hydrogen) atoms. The van der Waals surface area contributed by atoms with Crippen LogP contribution >= 0.6 is 0 Å². The van der Waals surface area contributed by atoms with Crippen LogP contribution in [0.25, 0.3) is 10.9 Å². The van der Waals surface area contributed by atoms with Crippen LogP contribution in [0, 0.1) is 0 Å². The van der Waals surface area contributed by atoms with Crippen molar-refractivity contribution in [3.63, 3.8) is 0 Å². The first-order valence-electron chi connectivity index (χ1n) is 13.1. The number of fused-ring (bicyclic) bond motifs is 1. The van der Waals surface area contributed by atoms with Gasteiger partial charge in [0.2, 0.25) is 5.95 Å². The first kappa shape index (κ1) is 24.9. The van der Waals surface area contributed by atoms with Crippen LogP contribution in [0.5, 0.6) is 17.2 Å². The minimum Gasteiger partial charge on any atom is -0.493 e. The maximum Gasteiger partial charge on any atom is 0.253 e. The highest BCUT2D eigenvalue weighted by atomic mass is 16.5. The lowest BCUT2D eigenvalue weighted by molar-refractivity contribution is 0.0792. The fourth-order valence-corrected chi connectivity index (χ4v) is 4.97. The van der Waals surface area contributed by atoms with Crippen molar-refractivity contribution in [3.8, 4) is 17.2 Å². The van der Waals surface area contributed by atoms with Gasteiger partial charge in [0.1, 0.15) is 18.2 Å². The summed E-state index contributed by atoms with van der Waals surface area (Å²) in [6.07, 6.45) is 5.67. The van der Waals surface area contributed by atoms with Crippen LogP contribution in [0.1, 0.15) is 42.5 Å². The molecule has 0 spiro atoms. The van der Waals surface area contributed by atoms with E-state index >= 15 is 0 Å². The molecule has 2 aromatic carbocycles. The van der Waals surface area contributed by atoms with Crippen LogP contribution in [0.4, 0.5) is 11.8 Å². The molecule has 0 aliphatic carbocycles. The maximum absolute atomic E-state index is 12.7. The number of hydrogen-bond acceptors (Lipinski definition) is 8. The third-order valence-corrected chi connectivity index (χ3v) is 6.97. The Kier molecular flexibility index (Phi) is 7.77. The number of rotatable bonds is 9. The Morgan fingerprint density at radius 3 is 2.41 bits per heavy atom. The van der Waals surface area contributed by atoms with Crippen LogP contribution in [0.3, 0.4) is 0 Å². The van der Waals surface area contributed by atoms with Crippen LogP contribution in [0.15, 0.2) is 36.4 Å². The highest BCUT2D eigenvalue weighted by molar-refractivity contribution is 5.95. The molecule has 1 aromatic heterocycles. The van der Waals surface area contributed by atoms with Gasteiger partial charge in [0.25, 0.3) is 5.91 Å². The molecule has 0 saturated carbocycles. The highest BCUT2D eigenvalue weighted by Crippen LogP contribution is 2.35. The fraction of sp³-hybridized carbons (Fsp3) is 0.464. The smallest absolute Gasteiger partial charge is 0.253 e. The third-order valence-electron chi connectivity index (χ3n) is 6.97. The number of anilines is 2. The fourth-order valence-electron chi connectivity index (χ4n) is 4.97. The number of aromatic nitrogens is 2. The van der Waals surface area contributed by atoms with E-state index in [0.717, 1.165) is 74.5 Å². The predicted molar refractivity (Wildman–Crippen MR) is 144 cm³/mol. The van der Waals surface area contributed by atoms with Crippen molar-refractivity contribution < 1.29 is 19.0 Å². The van der Waals surface area contributed by atoms with Gasteiger partial charge in [-0.25, -0.2) is 4.98 Å². The topological polar surface area (TPSA) is 89.1 Å². The molecule has 5 rings (SSSR count). The largest absolute Gasteiger partial charge is 0.493 e. The van der Waals surface area contributed by atoms with Crippen molar-refractivity contribution in [1.29, 1.82) is 0 Å². The molecule has 9 nitrogen and oxygen atoms in total. The molecule has 1 amide bonds. The van der Waals surface area contributed by atoms with Crippen molar-refractivity contribution in [2.24, 2.45) is 0 Å². The van der Waals surface area contributed by atoms with Crippen molar-refractivity contribution >= 4 is 28.6 Å². The second kappa shape index (κ2) is 11.5. The lowest BCUT2D eigenvalue weighted by atomic mass is 10.1. The number of amides is 1. The van der Waals surface area contributed by atoms with Gasteiger partial charge in [-0.15, -0.1) is 0 Å². The summed E-state index contributed by atoms with van der Waals surface area (Å²) >= 11 is 0. The van der Waals surface area contributed by atoms with E-state index in [-0.39, 0.29) is 5.91 Å². The molecule has 1 N–H and O–H groups in total. The minimum absolute atomic E-state index is 0.0724. The van der Waals surface area contributed by atoms with Gasteiger partial charge in [0.05, 0.1) is 26.3 Å². The van der Waals surface area contributed by atoms with Gasteiger partial charge >= 0.3 is 0 Å². The summed E-state index contributed by atoms with van der Waals surface area (Å²) in [6.45, 7) is 4.51. The van der Waals surface area contributed by atoms with E-state index in [1.165, 1.54) is 6.42 Å². The molecule has 2 aliphatic heterocycles. The SMILES string of the molecule is COc1cc2nc(N3CCCCC3)nc(NCCOc3cccc(C(=O)N4CCCC4)c3)c2cc1OC. The predicted octanol–water partition coefficient (Wildman–Crippen LogP) is 4.36. The number of ether oxygens (including phenoxy) is 3. The number of hydrogen-bond donors (Lipinski definition) is 1. The second-order valence-corrected chi connectivity index (χ2v) is 9.45. The molecule has 0 atom stereocenters. The molecular formula is C28H35N5O4. The number of benzene rings is 2. The molecule has 3 heterocycles. The molecule has 2 saturated heterocycles. The van der Waals surface area contributed by atoms with E-state index in [4.69, 9.17) is 24.2 Å². The highest BCUT2D eigenvalue weighted by Gasteiger charge is 2.20. The molecule has 0 unspecified atom stereocenters. The zero-order valence-electron chi connectivity index (χ0n) is 21.7. The lowest BCUT2D eigenvalue weighted by Gasteiger charge is -2.27. The van der Waals surface area contributed by atoms with Gasteiger partial charge in [-0.3, -0.25) is 4.79 Å². The van der Waals surface area contributed by atoms with Gasteiger partial charge in [-0.2, -0.15) is 4.98 Å². The Labute approximate surface area is 217 Å². The van der Waals surface area contributed by atoms with Gasteiger partial charge in [0, 0.05) is 43.2 Å². The van der Waals surface area contributed by atoms with E-state index in [0.29, 0.717) is 36.0 Å². The monoisotopic (exact) mass is 505 g/mol. The summed E-state index contributed by atoms with van der Waals surface area (Å²) in [4.78, 5) is 26.6. The Morgan fingerprint density at radius 1 is 0.919 bits per heavy atom. The van der Waals surface area contributed by atoms with Crippen molar-refractivity contribution in [2.45, 2.75) is 32.1 Å². The first-order chi connectivity index (χ1) is 18.2. The number of piperidine rings is 1. The number of nitrogens with zero attached hydrogens (tertiary/aromatic N) is 4. The summed E-state index contributed by atoms with van der Waals surface area (Å²) in [5, 5.41) is 4.29. The van der Waals surface area contributed by atoms with Crippen LogP contribution in [-0.4, -0.2) is 74.3 Å². The Bertz CT molecular complexity index is 1240. The first-order valence-corrected chi connectivity index (χ1v) is 13.1. The molecule has 2 aliphatic rings. The standard InChI is InChI=1S/C28H35N5O4/c1-35-24-18-22-23(19-25(24)36-2)30-28(33-14-4-3-5-15-33)31-26(22)29-11-16-37-21-10-8-9-20(17-21)27(34)32-12-6-7-13-32/h8-10,17-19H,3-7,11-16H2,1-2H3,(H,29,30,31). The molecule has 0 bridgehead atoms. The lowest BCUT2D eigenvalue weighted by Crippen LogP contribution is -2.31. The Balaban J connectivity index is 1.31.